The third-order valence-corrected chi connectivity index (χ3v) is 5.70. The topological polar surface area (TPSA) is 38.8 Å². The Balaban J connectivity index is 1.98. The number of hydrogen-bond donors (Lipinski definition) is 0. The molecule has 5 heteroatoms. The van der Waals surface area contributed by atoms with Gasteiger partial charge in [-0.2, -0.15) is 0 Å². The Morgan fingerprint density at radius 3 is 2.28 bits per heavy atom. The van der Waals surface area contributed by atoms with Gasteiger partial charge in [0, 0.05) is 6.61 Å². The van der Waals surface area contributed by atoms with Gasteiger partial charge in [-0.15, -0.1) is 0 Å². The maximum absolute atomic E-state index is 11.9. The predicted molar refractivity (Wildman–Crippen MR) is 133 cm³/mol. The Labute approximate surface area is 193 Å². The number of carbonyl (C=O) groups excluding carboxylic acids is 1. The molecule has 1 heterocycles. The number of allylic oxidation sites excluding steroid dienone is 2. The number of ether oxygens (including phenoxy) is 1. The van der Waals surface area contributed by atoms with E-state index in [0.29, 0.717) is 24.3 Å². The SMILES string of the molecule is CCOC(=O)c1ccc(/C=C/C(=C2\CCOB2N(C(C)C)C(C)C)c2ccccc2)cc1. The number of rotatable bonds is 8. The summed E-state index contributed by atoms with van der Waals surface area (Å²) in [5.74, 6) is -0.288. The molecule has 1 saturated heterocycles. The second-order valence-corrected chi connectivity index (χ2v) is 8.59. The summed E-state index contributed by atoms with van der Waals surface area (Å²) in [6.45, 7) is 11.8. The summed E-state index contributed by atoms with van der Waals surface area (Å²) in [5.41, 5.74) is 5.31. The average Bonchev–Trinajstić information content (AvgIpc) is 3.23. The molecule has 1 aliphatic heterocycles. The number of esters is 1. The Bertz CT molecular complexity index is 941. The zero-order valence-electron chi connectivity index (χ0n) is 19.9. The summed E-state index contributed by atoms with van der Waals surface area (Å²) < 4.78 is 11.3. The van der Waals surface area contributed by atoms with E-state index in [1.54, 1.807) is 0 Å². The lowest BCUT2D eigenvalue weighted by Crippen LogP contribution is -2.49. The monoisotopic (exact) mass is 431 g/mol. The van der Waals surface area contributed by atoms with Crippen molar-refractivity contribution in [1.82, 2.24) is 4.81 Å². The minimum atomic E-state index is -0.288. The summed E-state index contributed by atoms with van der Waals surface area (Å²) in [5, 5.41) is 0. The predicted octanol–water partition coefficient (Wildman–Crippen LogP) is 5.90. The Morgan fingerprint density at radius 2 is 1.69 bits per heavy atom. The first-order chi connectivity index (χ1) is 15.4. The summed E-state index contributed by atoms with van der Waals surface area (Å²) in [7, 11) is -0.0268. The molecule has 32 heavy (non-hydrogen) atoms. The highest BCUT2D eigenvalue weighted by Crippen LogP contribution is 2.32. The minimum Gasteiger partial charge on any atom is -0.462 e. The van der Waals surface area contributed by atoms with Crippen molar-refractivity contribution in [3.8, 4) is 0 Å². The zero-order chi connectivity index (χ0) is 23.1. The standard InChI is InChI=1S/C27H34BNO3/c1-6-31-27(30)24-15-12-22(13-16-24)14-17-25(23-10-8-7-9-11-23)26-18-19-32-28(26)29(20(2)3)21(4)5/h7-17,20-21H,6,18-19H2,1-5H3/b17-14+,26-25-. The van der Waals surface area contributed by atoms with Gasteiger partial charge < -0.3 is 14.2 Å². The van der Waals surface area contributed by atoms with Gasteiger partial charge in [0.1, 0.15) is 0 Å². The lowest BCUT2D eigenvalue weighted by atomic mass is 9.66. The summed E-state index contributed by atoms with van der Waals surface area (Å²) in [6.07, 6.45) is 5.20. The number of benzene rings is 2. The fourth-order valence-electron chi connectivity index (χ4n) is 4.31. The lowest BCUT2D eigenvalue weighted by molar-refractivity contribution is 0.0526. The second-order valence-electron chi connectivity index (χ2n) is 8.59. The van der Waals surface area contributed by atoms with Gasteiger partial charge in [0.25, 0.3) is 0 Å². The van der Waals surface area contributed by atoms with E-state index >= 15 is 0 Å². The number of carbonyl (C=O) groups is 1. The van der Waals surface area contributed by atoms with Gasteiger partial charge >= 0.3 is 13.0 Å². The number of hydrogen-bond acceptors (Lipinski definition) is 4. The molecule has 4 nitrogen and oxygen atoms in total. The van der Waals surface area contributed by atoms with Crippen LogP contribution in [0.5, 0.6) is 0 Å². The van der Waals surface area contributed by atoms with Crippen molar-refractivity contribution in [2.75, 3.05) is 13.2 Å². The highest BCUT2D eigenvalue weighted by Gasteiger charge is 2.38. The van der Waals surface area contributed by atoms with Crippen LogP contribution in [0.3, 0.4) is 0 Å². The van der Waals surface area contributed by atoms with Crippen LogP contribution in [0.1, 0.15) is 62.5 Å². The van der Waals surface area contributed by atoms with Gasteiger partial charge in [-0.25, -0.2) is 4.79 Å². The van der Waals surface area contributed by atoms with E-state index in [2.05, 4.69) is 68.9 Å². The van der Waals surface area contributed by atoms with Crippen LogP contribution < -0.4 is 0 Å². The molecule has 0 bridgehead atoms. The molecule has 2 aromatic rings. The fourth-order valence-corrected chi connectivity index (χ4v) is 4.31. The van der Waals surface area contributed by atoms with Crippen LogP contribution in [-0.2, 0) is 9.39 Å². The minimum absolute atomic E-state index is 0.0268. The molecule has 0 unspecified atom stereocenters. The van der Waals surface area contributed by atoms with Crippen LogP contribution in [0.2, 0.25) is 0 Å². The molecule has 3 rings (SSSR count). The molecule has 1 fully saturated rings. The molecule has 2 aromatic carbocycles. The van der Waals surface area contributed by atoms with Gasteiger partial charge in [0.05, 0.1) is 12.2 Å². The van der Waals surface area contributed by atoms with Gasteiger partial charge in [-0.3, -0.25) is 0 Å². The molecule has 0 saturated carbocycles. The van der Waals surface area contributed by atoms with Gasteiger partial charge in [0.15, 0.2) is 0 Å². The quantitative estimate of drug-likeness (QED) is 0.386. The molecule has 168 valence electrons. The van der Waals surface area contributed by atoms with Crippen LogP contribution in [0, 0.1) is 0 Å². The summed E-state index contributed by atoms with van der Waals surface area (Å²) >= 11 is 0. The lowest BCUT2D eigenvalue weighted by Gasteiger charge is -2.34. The van der Waals surface area contributed by atoms with Crippen LogP contribution in [0.25, 0.3) is 11.6 Å². The highest BCUT2D eigenvalue weighted by atomic mass is 16.5. The van der Waals surface area contributed by atoms with Crippen molar-refractivity contribution < 1.29 is 14.2 Å². The molecule has 0 N–H and O–H groups in total. The Kier molecular flexibility index (Phi) is 8.49. The molecular weight excluding hydrogens is 397 g/mol. The van der Waals surface area contributed by atoms with Crippen LogP contribution in [0.15, 0.2) is 66.1 Å². The highest BCUT2D eigenvalue weighted by molar-refractivity contribution is 6.60. The molecule has 0 aliphatic carbocycles. The molecular formula is C27H34BNO3. The Hall–Kier alpha value is -2.63. The second kappa shape index (κ2) is 11.3. The van der Waals surface area contributed by atoms with E-state index < -0.39 is 0 Å². The van der Waals surface area contributed by atoms with E-state index in [1.165, 1.54) is 16.6 Å². The van der Waals surface area contributed by atoms with E-state index in [0.717, 1.165) is 18.6 Å². The van der Waals surface area contributed by atoms with Crippen molar-refractivity contribution in [2.45, 2.75) is 53.1 Å². The molecule has 0 aromatic heterocycles. The third-order valence-electron chi connectivity index (χ3n) is 5.70. The first kappa shape index (κ1) is 24.0. The molecule has 1 aliphatic rings. The van der Waals surface area contributed by atoms with Gasteiger partial charge in [-0.05, 0) is 59.7 Å². The van der Waals surface area contributed by atoms with Crippen LogP contribution >= 0.6 is 0 Å². The van der Waals surface area contributed by atoms with Crippen molar-refractivity contribution >= 4 is 24.7 Å². The van der Waals surface area contributed by atoms with E-state index in [4.69, 9.17) is 9.39 Å². The van der Waals surface area contributed by atoms with Crippen molar-refractivity contribution in [1.29, 1.82) is 0 Å². The smallest absolute Gasteiger partial charge is 0.415 e. The van der Waals surface area contributed by atoms with Gasteiger partial charge in [0.2, 0.25) is 0 Å². The maximum Gasteiger partial charge on any atom is 0.415 e. The van der Waals surface area contributed by atoms with E-state index in [-0.39, 0.29) is 13.0 Å². The van der Waals surface area contributed by atoms with Gasteiger partial charge in [-0.1, -0.05) is 82.3 Å². The van der Waals surface area contributed by atoms with Crippen molar-refractivity contribution in [2.24, 2.45) is 0 Å². The molecule has 0 amide bonds. The van der Waals surface area contributed by atoms with Crippen LogP contribution in [-0.4, -0.2) is 43.1 Å². The fraction of sp³-hybridized carbons (Fsp3) is 0.370. The van der Waals surface area contributed by atoms with Crippen molar-refractivity contribution in [3.63, 3.8) is 0 Å². The maximum atomic E-state index is 11.9. The number of nitrogens with zero attached hydrogens (tertiary/aromatic N) is 1. The normalized spacial score (nSPS) is 15.9. The molecule has 0 atom stereocenters. The average molecular weight is 431 g/mol. The third kappa shape index (κ3) is 5.78. The first-order valence-corrected chi connectivity index (χ1v) is 11.5. The largest absolute Gasteiger partial charge is 0.462 e. The zero-order valence-corrected chi connectivity index (χ0v) is 19.9. The summed E-state index contributed by atoms with van der Waals surface area (Å²) in [6, 6.07) is 18.8. The van der Waals surface area contributed by atoms with Crippen molar-refractivity contribution in [3.05, 3.63) is 82.8 Å². The molecule has 0 radical (unpaired) electrons. The summed E-state index contributed by atoms with van der Waals surface area (Å²) in [4.78, 5) is 14.4. The van der Waals surface area contributed by atoms with E-state index in [9.17, 15) is 4.79 Å². The first-order valence-electron chi connectivity index (χ1n) is 11.5. The van der Waals surface area contributed by atoms with E-state index in [1.807, 2.05) is 37.3 Å². The van der Waals surface area contributed by atoms with Crippen LogP contribution in [0.4, 0.5) is 0 Å². The molecule has 0 spiro atoms. The Morgan fingerprint density at radius 1 is 1.03 bits per heavy atom.